The maximum absolute atomic E-state index is 13.8. The molecule has 3 rings (SSSR count). The van der Waals surface area contributed by atoms with E-state index in [9.17, 15) is 4.39 Å². The van der Waals surface area contributed by atoms with Crippen molar-refractivity contribution < 1.29 is 4.39 Å². The zero-order chi connectivity index (χ0) is 13.4. The van der Waals surface area contributed by atoms with Gasteiger partial charge in [0.05, 0.1) is 0 Å². The van der Waals surface area contributed by atoms with Gasteiger partial charge in [0.1, 0.15) is 11.3 Å². The molecule has 4 heteroatoms. The number of pyridine rings is 1. The van der Waals surface area contributed by atoms with Crippen molar-refractivity contribution in [3.63, 3.8) is 0 Å². The van der Waals surface area contributed by atoms with Crippen LogP contribution >= 0.6 is 0 Å². The molecular weight excluding hydrogens is 241 g/mol. The summed E-state index contributed by atoms with van der Waals surface area (Å²) in [6.45, 7) is 3.99. The van der Waals surface area contributed by atoms with Crippen LogP contribution < -0.4 is 10.6 Å². The highest BCUT2D eigenvalue weighted by Gasteiger charge is 2.23. The van der Waals surface area contributed by atoms with Gasteiger partial charge in [0.15, 0.2) is 0 Å². The van der Waals surface area contributed by atoms with Gasteiger partial charge in [-0.25, -0.2) is 4.39 Å². The summed E-state index contributed by atoms with van der Waals surface area (Å²) < 4.78 is 13.8. The molecule has 0 aliphatic carbocycles. The van der Waals surface area contributed by atoms with E-state index in [1.807, 2.05) is 18.2 Å². The number of hydrogen-bond acceptors (Lipinski definition) is 3. The predicted octanol–water partition coefficient (Wildman–Crippen LogP) is 2.55. The van der Waals surface area contributed by atoms with Crippen LogP contribution in [0.15, 0.2) is 30.5 Å². The lowest BCUT2D eigenvalue weighted by molar-refractivity contribution is 0.402. The van der Waals surface area contributed by atoms with Crippen molar-refractivity contribution in [3.8, 4) is 0 Å². The van der Waals surface area contributed by atoms with E-state index < -0.39 is 0 Å². The Labute approximate surface area is 112 Å². The first-order valence-corrected chi connectivity index (χ1v) is 6.69. The van der Waals surface area contributed by atoms with Crippen LogP contribution in [0.2, 0.25) is 0 Å². The number of fused-ring (bicyclic) bond motifs is 1. The summed E-state index contributed by atoms with van der Waals surface area (Å²) in [6.07, 6.45) is 2.67. The average Bonchev–Trinajstić information content (AvgIpc) is 2.38. The van der Waals surface area contributed by atoms with Crippen molar-refractivity contribution in [2.24, 2.45) is 11.7 Å². The van der Waals surface area contributed by atoms with E-state index in [4.69, 9.17) is 5.73 Å². The minimum atomic E-state index is -0.270. The Balaban J connectivity index is 2.07. The van der Waals surface area contributed by atoms with Crippen molar-refractivity contribution in [1.82, 2.24) is 4.98 Å². The van der Waals surface area contributed by atoms with Gasteiger partial charge in [0.2, 0.25) is 0 Å². The fourth-order valence-electron chi connectivity index (χ4n) is 3.00. The van der Waals surface area contributed by atoms with Crippen LogP contribution in [0.4, 0.5) is 10.1 Å². The lowest BCUT2D eigenvalue weighted by Gasteiger charge is -2.37. The maximum atomic E-state index is 13.8. The first-order valence-electron chi connectivity index (χ1n) is 6.69. The molecule has 1 fully saturated rings. The van der Waals surface area contributed by atoms with Gasteiger partial charge in [-0.1, -0.05) is 6.92 Å². The molecule has 0 spiro atoms. The molecule has 19 heavy (non-hydrogen) atoms. The van der Waals surface area contributed by atoms with E-state index in [-0.39, 0.29) is 11.9 Å². The molecule has 2 N–H and O–H groups in total. The topological polar surface area (TPSA) is 42.1 Å². The van der Waals surface area contributed by atoms with E-state index in [0.717, 1.165) is 30.6 Å². The van der Waals surface area contributed by atoms with Crippen LogP contribution in [0, 0.1) is 11.7 Å². The van der Waals surface area contributed by atoms with Crippen LogP contribution in [-0.2, 0) is 0 Å². The highest BCUT2D eigenvalue weighted by Crippen LogP contribution is 2.30. The minimum Gasteiger partial charge on any atom is -0.369 e. The Kier molecular flexibility index (Phi) is 3.11. The van der Waals surface area contributed by atoms with Crippen molar-refractivity contribution in [3.05, 3.63) is 36.3 Å². The summed E-state index contributed by atoms with van der Waals surface area (Å²) in [4.78, 5) is 6.39. The van der Waals surface area contributed by atoms with E-state index in [0.29, 0.717) is 11.4 Å². The lowest BCUT2D eigenvalue weighted by Crippen LogP contribution is -2.46. The third-order valence-corrected chi connectivity index (χ3v) is 3.73. The minimum absolute atomic E-state index is 0.181. The van der Waals surface area contributed by atoms with E-state index in [2.05, 4.69) is 16.8 Å². The van der Waals surface area contributed by atoms with Gasteiger partial charge >= 0.3 is 0 Å². The molecule has 1 aliphatic rings. The summed E-state index contributed by atoms with van der Waals surface area (Å²) >= 11 is 0. The molecule has 0 saturated carbocycles. The number of nitrogens with zero attached hydrogens (tertiary/aromatic N) is 2. The Morgan fingerprint density at radius 2 is 2.16 bits per heavy atom. The standard InChI is InChI=1S/C15H18FN3/c1-10-7-11(17)9-19(8-10)14-5-4-13(16)15-12(14)3-2-6-18-15/h2-6,10-11H,7-9,17H2,1H3. The SMILES string of the molecule is CC1CC(N)CN(c2ccc(F)c3ncccc23)C1. The number of benzene rings is 1. The highest BCUT2D eigenvalue weighted by atomic mass is 19.1. The van der Waals surface area contributed by atoms with Crippen LogP contribution in [0.1, 0.15) is 13.3 Å². The number of halogens is 1. The van der Waals surface area contributed by atoms with Crippen molar-refractivity contribution >= 4 is 16.6 Å². The second-order valence-corrected chi connectivity index (χ2v) is 5.47. The second kappa shape index (κ2) is 4.78. The van der Waals surface area contributed by atoms with Gasteiger partial charge in [-0.2, -0.15) is 0 Å². The third kappa shape index (κ3) is 2.28. The van der Waals surface area contributed by atoms with Crippen molar-refractivity contribution in [1.29, 1.82) is 0 Å². The molecule has 0 amide bonds. The molecule has 0 radical (unpaired) electrons. The van der Waals surface area contributed by atoms with Crippen LogP contribution in [0.25, 0.3) is 10.9 Å². The molecule has 2 atom stereocenters. The highest BCUT2D eigenvalue weighted by molar-refractivity contribution is 5.92. The van der Waals surface area contributed by atoms with E-state index in [1.54, 1.807) is 6.20 Å². The number of rotatable bonds is 1. The van der Waals surface area contributed by atoms with E-state index in [1.165, 1.54) is 6.07 Å². The number of anilines is 1. The monoisotopic (exact) mass is 259 g/mol. The van der Waals surface area contributed by atoms with Crippen LogP contribution in [-0.4, -0.2) is 24.1 Å². The fourth-order valence-corrected chi connectivity index (χ4v) is 3.00. The molecule has 0 bridgehead atoms. The van der Waals surface area contributed by atoms with Gasteiger partial charge in [-0.3, -0.25) is 4.98 Å². The summed E-state index contributed by atoms with van der Waals surface area (Å²) in [5.74, 6) is 0.286. The molecule has 3 nitrogen and oxygen atoms in total. The zero-order valence-corrected chi connectivity index (χ0v) is 11.0. The van der Waals surface area contributed by atoms with Crippen molar-refractivity contribution in [2.75, 3.05) is 18.0 Å². The number of aromatic nitrogens is 1. The summed E-state index contributed by atoms with van der Waals surface area (Å²) in [6, 6.07) is 7.28. The lowest BCUT2D eigenvalue weighted by atomic mass is 9.95. The second-order valence-electron chi connectivity index (χ2n) is 5.47. The van der Waals surface area contributed by atoms with Gasteiger partial charge in [0.25, 0.3) is 0 Å². The van der Waals surface area contributed by atoms with Crippen LogP contribution in [0.3, 0.4) is 0 Å². The van der Waals surface area contributed by atoms with Gasteiger partial charge in [0, 0.05) is 36.4 Å². The maximum Gasteiger partial charge on any atom is 0.149 e. The Bertz CT molecular complexity index is 589. The smallest absolute Gasteiger partial charge is 0.149 e. The third-order valence-electron chi connectivity index (χ3n) is 3.73. The number of nitrogens with two attached hydrogens (primary N) is 1. The van der Waals surface area contributed by atoms with Crippen LogP contribution in [0.5, 0.6) is 0 Å². The summed E-state index contributed by atoms with van der Waals surface area (Å²) in [5.41, 5.74) is 7.57. The summed E-state index contributed by atoms with van der Waals surface area (Å²) in [7, 11) is 0. The molecular formula is C15H18FN3. The molecule has 1 aromatic heterocycles. The fraction of sp³-hybridized carbons (Fsp3) is 0.400. The van der Waals surface area contributed by atoms with Gasteiger partial charge < -0.3 is 10.6 Å². The number of hydrogen-bond donors (Lipinski definition) is 1. The molecule has 1 aromatic carbocycles. The normalized spacial score (nSPS) is 23.8. The molecule has 100 valence electrons. The molecule has 1 saturated heterocycles. The Morgan fingerprint density at radius 1 is 1.32 bits per heavy atom. The average molecular weight is 259 g/mol. The molecule has 2 aromatic rings. The first kappa shape index (κ1) is 12.4. The Hall–Kier alpha value is -1.68. The van der Waals surface area contributed by atoms with Gasteiger partial charge in [-0.15, -0.1) is 0 Å². The molecule has 2 unspecified atom stereocenters. The van der Waals surface area contributed by atoms with Crippen molar-refractivity contribution in [2.45, 2.75) is 19.4 Å². The molecule has 2 heterocycles. The quantitative estimate of drug-likeness (QED) is 0.855. The Morgan fingerprint density at radius 3 is 2.95 bits per heavy atom. The molecule has 1 aliphatic heterocycles. The van der Waals surface area contributed by atoms with Gasteiger partial charge in [-0.05, 0) is 36.6 Å². The predicted molar refractivity (Wildman–Crippen MR) is 75.7 cm³/mol. The largest absolute Gasteiger partial charge is 0.369 e. The first-order chi connectivity index (χ1) is 9.15. The zero-order valence-electron chi connectivity index (χ0n) is 11.0. The summed E-state index contributed by atoms with van der Waals surface area (Å²) in [5, 5.41) is 0.865. The van der Waals surface area contributed by atoms with E-state index >= 15 is 0 Å². The number of piperidine rings is 1.